The lowest BCUT2D eigenvalue weighted by molar-refractivity contribution is 1.05. The van der Waals surface area contributed by atoms with E-state index in [0.717, 1.165) is 10.9 Å². The lowest BCUT2D eigenvalue weighted by Crippen LogP contribution is -1.94. The highest BCUT2D eigenvalue weighted by Gasteiger charge is 2.27. The predicted octanol–water partition coefficient (Wildman–Crippen LogP) is 2.27. The second kappa shape index (κ2) is 3.06. The Bertz CT molecular complexity index is 448. The molecular formula is C10H7N3S. The fraction of sp³-hybridized carbons (Fsp3) is 0.100. The number of amidine groups is 1. The minimum atomic E-state index is 0.141. The molecule has 0 spiro atoms. The smallest absolute Gasteiger partial charge is 0.183 e. The standard InChI is InChI=1S/C10H7N3S/c1-2-4-7(5-3-1)9-13-8-10(14-9)12-6-11-8/h1-6,9H. The fourth-order valence-electron chi connectivity index (χ4n) is 1.42. The molecule has 0 aromatic heterocycles. The SMILES string of the molecule is C1=NC2=NC(c3ccccc3)SC2=N1. The fourth-order valence-corrected chi connectivity index (χ4v) is 2.40. The highest BCUT2D eigenvalue weighted by Crippen LogP contribution is 2.37. The number of hydrogen-bond acceptors (Lipinski definition) is 4. The van der Waals surface area contributed by atoms with E-state index in [1.807, 2.05) is 18.2 Å². The third-order valence-corrected chi connectivity index (χ3v) is 3.21. The van der Waals surface area contributed by atoms with E-state index in [0.29, 0.717) is 0 Å². The van der Waals surface area contributed by atoms with Crippen LogP contribution in [0.4, 0.5) is 0 Å². The van der Waals surface area contributed by atoms with Gasteiger partial charge in [0.25, 0.3) is 0 Å². The molecule has 0 N–H and O–H groups in total. The predicted molar refractivity (Wildman–Crippen MR) is 60.1 cm³/mol. The molecule has 0 radical (unpaired) electrons. The van der Waals surface area contributed by atoms with Gasteiger partial charge in [0.2, 0.25) is 0 Å². The number of fused-ring (bicyclic) bond motifs is 1. The molecule has 2 aliphatic rings. The molecule has 1 unspecified atom stereocenters. The van der Waals surface area contributed by atoms with E-state index in [9.17, 15) is 0 Å². The van der Waals surface area contributed by atoms with Gasteiger partial charge in [-0.1, -0.05) is 42.1 Å². The first-order valence-corrected chi connectivity index (χ1v) is 5.21. The Morgan fingerprint density at radius 3 is 2.79 bits per heavy atom. The molecule has 3 nitrogen and oxygen atoms in total. The van der Waals surface area contributed by atoms with Gasteiger partial charge in [-0.2, -0.15) is 0 Å². The van der Waals surface area contributed by atoms with E-state index in [-0.39, 0.29) is 5.37 Å². The Balaban J connectivity index is 1.95. The average Bonchev–Trinajstić information content (AvgIpc) is 2.78. The van der Waals surface area contributed by atoms with Crippen LogP contribution < -0.4 is 0 Å². The van der Waals surface area contributed by atoms with Crippen molar-refractivity contribution in [3.05, 3.63) is 35.9 Å². The van der Waals surface area contributed by atoms with E-state index in [2.05, 4.69) is 27.1 Å². The van der Waals surface area contributed by atoms with Gasteiger partial charge in [-0.15, -0.1) is 0 Å². The van der Waals surface area contributed by atoms with Gasteiger partial charge < -0.3 is 0 Å². The first-order chi connectivity index (χ1) is 6.93. The summed E-state index contributed by atoms with van der Waals surface area (Å²) >= 11 is 1.66. The van der Waals surface area contributed by atoms with Crippen LogP contribution in [0.5, 0.6) is 0 Å². The molecule has 1 aromatic rings. The topological polar surface area (TPSA) is 37.1 Å². The van der Waals surface area contributed by atoms with Crippen LogP contribution in [0.3, 0.4) is 0 Å². The molecule has 0 saturated heterocycles. The van der Waals surface area contributed by atoms with Gasteiger partial charge in [0.1, 0.15) is 16.8 Å². The minimum Gasteiger partial charge on any atom is -0.245 e. The molecule has 0 aliphatic carbocycles. The summed E-state index contributed by atoms with van der Waals surface area (Å²) in [6.07, 6.45) is 1.56. The van der Waals surface area contributed by atoms with E-state index in [4.69, 9.17) is 0 Å². The van der Waals surface area contributed by atoms with Gasteiger partial charge >= 0.3 is 0 Å². The van der Waals surface area contributed by atoms with Crippen LogP contribution in [0.2, 0.25) is 0 Å². The molecular weight excluding hydrogens is 194 g/mol. The highest BCUT2D eigenvalue weighted by molar-refractivity contribution is 8.16. The van der Waals surface area contributed by atoms with Gasteiger partial charge in [-0.25, -0.2) is 15.0 Å². The van der Waals surface area contributed by atoms with Gasteiger partial charge in [-0.05, 0) is 5.56 Å². The van der Waals surface area contributed by atoms with Crippen molar-refractivity contribution in [2.75, 3.05) is 0 Å². The van der Waals surface area contributed by atoms with Gasteiger partial charge in [-0.3, -0.25) is 0 Å². The van der Waals surface area contributed by atoms with Crippen LogP contribution in [0.25, 0.3) is 0 Å². The summed E-state index contributed by atoms with van der Waals surface area (Å²) in [6, 6.07) is 10.2. The molecule has 4 heteroatoms. The number of nitrogens with zero attached hydrogens (tertiary/aromatic N) is 3. The number of thioether (sulfide) groups is 1. The zero-order valence-corrected chi connectivity index (χ0v) is 8.11. The molecule has 68 valence electrons. The van der Waals surface area contributed by atoms with E-state index in [1.165, 1.54) is 5.56 Å². The van der Waals surface area contributed by atoms with Crippen molar-refractivity contribution in [2.45, 2.75) is 5.37 Å². The minimum absolute atomic E-state index is 0.141. The van der Waals surface area contributed by atoms with Crippen LogP contribution in [0, 0.1) is 0 Å². The maximum atomic E-state index is 4.47. The lowest BCUT2D eigenvalue weighted by Gasteiger charge is -2.04. The van der Waals surface area contributed by atoms with Crippen LogP contribution >= 0.6 is 11.8 Å². The van der Waals surface area contributed by atoms with Crippen molar-refractivity contribution in [2.24, 2.45) is 15.0 Å². The van der Waals surface area contributed by atoms with Crippen molar-refractivity contribution >= 4 is 29.0 Å². The summed E-state index contributed by atoms with van der Waals surface area (Å²) in [7, 11) is 0. The van der Waals surface area contributed by atoms with Crippen molar-refractivity contribution in [1.29, 1.82) is 0 Å². The maximum Gasteiger partial charge on any atom is 0.183 e. The maximum absolute atomic E-state index is 4.47. The second-order valence-corrected chi connectivity index (χ2v) is 4.08. The first-order valence-electron chi connectivity index (χ1n) is 4.33. The summed E-state index contributed by atoms with van der Waals surface area (Å²) in [5, 5.41) is 1.08. The normalized spacial score (nSPS) is 23.3. The molecule has 14 heavy (non-hydrogen) atoms. The average molecular weight is 201 g/mol. The number of aliphatic imine (C=N–C) groups is 3. The Morgan fingerprint density at radius 2 is 2.00 bits per heavy atom. The number of rotatable bonds is 1. The molecule has 0 bridgehead atoms. The molecule has 3 rings (SSSR count). The Kier molecular flexibility index (Phi) is 1.73. The molecule has 2 heterocycles. The second-order valence-electron chi connectivity index (χ2n) is 3.01. The summed E-state index contributed by atoms with van der Waals surface area (Å²) in [5.41, 5.74) is 1.21. The molecule has 1 aromatic carbocycles. The molecule has 0 amide bonds. The summed E-state index contributed by atoms with van der Waals surface area (Å²) < 4.78 is 0. The zero-order valence-electron chi connectivity index (χ0n) is 7.29. The number of hydrogen-bond donors (Lipinski definition) is 0. The third kappa shape index (κ3) is 1.19. The molecule has 0 saturated carbocycles. The lowest BCUT2D eigenvalue weighted by atomic mass is 10.2. The van der Waals surface area contributed by atoms with Crippen LogP contribution in [0.1, 0.15) is 10.9 Å². The van der Waals surface area contributed by atoms with Crippen molar-refractivity contribution in [3.63, 3.8) is 0 Å². The van der Waals surface area contributed by atoms with Gasteiger partial charge in [0.05, 0.1) is 0 Å². The van der Waals surface area contributed by atoms with Gasteiger partial charge in [0.15, 0.2) is 5.84 Å². The molecule has 1 atom stereocenters. The van der Waals surface area contributed by atoms with Crippen LogP contribution in [-0.2, 0) is 0 Å². The largest absolute Gasteiger partial charge is 0.245 e. The third-order valence-electron chi connectivity index (χ3n) is 2.09. The monoisotopic (exact) mass is 201 g/mol. The summed E-state index contributed by atoms with van der Waals surface area (Å²) in [4.78, 5) is 12.7. The van der Waals surface area contributed by atoms with Gasteiger partial charge in [0, 0.05) is 0 Å². The van der Waals surface area contributed by atoms with Crippen molar-refractivity contribution in [3.8, 4) is 0 Å². The Hall–Kier alpha value is -1.42. The molecule has 2 aliphatic heterocycles. The van der Waals surface area contributed by atoms with Crippen LogP contribution in [0.15, 0.2) is 45.3 Å². The van der Waals surface area contributed by atoms with E-state index in [1.54, 1.807) is 18.1 Å². The highest BCUT2D eigenvalue weighted by atomic mass is 32.2. The quantitative estimate of drug-likeness (QED) is 0.686. The number of benzene rings is 1. The molecule has 0 fully saturated rings. The zero-order chi connectivity index (χ0) is 9.38. The first kappa shape index (κ1) is 7.94. The van der Waals surface area contributed by atoms with E-state index < -0.39 is 0 Å². The Morgan fingerprint density at radius 1 is 1.14 bits per heavy atom. The van der Waals surface area contributed by atoms with Crippen LogP contribution in [-0.4, -0.2) is 17.2 Å². The summed E-state index contributed by atoms with van der Waals surface area (Å²) in [5.74, 6) is 0.781. The van der Waals surface area contributed by atoms with Crippen molar-refractivity contribution < 1.29 is 0 Å². The summed E-state index contributed by atoms with van der Waals surface area (Å²) in [6.45, 7) is 0. The Labute approximate surface area is 85.7 Å². The van der Waals surface area contributed by atoms with Crippen molar-refractivity contribution in [1.82, 2.24) is 0 Å². The van der Waals surface area contributed by atoms with E-state index >= 15 is 0 Å².